The molecule has 0 saturated heterocycles. The molecular formula is C50H47N10O11S2+. The summed E-state index contributed by atoms with van der Waals surface area (Å²) in [6, 6.07) is 30.8. The lowest BCUT2D eigenvalue weighted by Gasteiger charge is -2.10. The number of nitrogen functional groups attached to an aromatic ring is 1. The summed E-state index contributed by atoms with van der Waals surface area (Å²) in [6.45, 7) is 5.29. The normalized spacial score (nSPS) is 12.1. The van der Waals surface area contributed by atoms with Crippen LogP contribution in [0.2, 0.25) is 0 Å². The number of aryl methyl sites for hydroxylation is 3. The fraction of sp³-hybridized carbons (Fsp3) is 0.180. The van der Waals surface area contributed by atoms with E-state index >= 15 is 0 Å². The van der Waals surface area contributed by atoms with Crippen molar-refractivity contribution in [3.05, 3.63) is 132 Å². The monoisotopic (exact) mass is 1030 g/mol. The number of methoxy groups -OCH3 is 2. The fourth-order valence-electron chi connectivity index (χ4n) is 7.09. The zero-order valence-corrected chi connectivity index (χ0v) is 41.5. The molecule has 0 fully saturated rings. The topological polar surface area (TPSA) is 302 Å². The largest absolute Gasteiger partial charge is 0.505 e. The molecule has 23 heteroatoms. The number of rotatable bonds is 19. The third-order valence-corrected chi connectivity index (χ3v) is 12.6. The molecule has 0 heterocycles. The minimum atomic E-state index is -4.61. The number of fused-ring (bicyclic) bond motifs is 1. The van der Waals surface area contributed by atoms with Crippen molar-refractivity contribution < 1.29 is 50.1 Å². The molecule has 7 aromatic rings. The number of anilines is 1. The highest BCUT2D eigenvalue weighted by Gasteiger charge is 2.19. The zero-order chi connectivity index (χ0) is 52.5. The maximum atomic E-state index is 12.0. The van der Waals surface area contributed by atoms with E-state index in [0.717, 1.165) is 0 Å². The minimum absolute atomic E-state index is 0.0306. The van der Waals surface area contributed by atoms with E-state index in [9.17, 15) is 31.3 Å². The summed E-state index contributed by atoms with van der Waals surface area (Å²) < 4.78 is 83.9. The summed E-state index contributed by atoms with van der Waals surface area (Å²) in [5.41, 5.74) is 11.5. The van der Waals surface area contributed by atoms with Gasteiger partial charge in [-0.05, 0) is 116 Å². The molecule has 0 aliphatic rings. The van der Waals surface area contributed by atoms with Crippen LogP contribution in [0, 0.1) is 20.8 Å². The summed E-state index contributed by atoms with van der Waals surface area (Å²) >= 11 is 0. The highest BCUT2D eigenvalue weighted by molar-refractivity contribution is 7.86. The third kappa shape index (κ3) is 13.2. The fourth-order valence-corrected chi connectivity index (χ4v) is 8.36. The number of azo groups is 4. The van der Waals surface area contributed by atoms with Crippen molar-refractivity contribution in [1.82, 2.24) is 4.58 Å². The Kier molecular flexibility index (Phi) is 16.2. The van der Waals surface area contributed by atoms with Gasteiger partial charge in [0.05, 0.1) is 43.6 Å². The Bertz CT molecular complexity index is 3660. The Morgan fingerprint density at radius 2 is 1.14 bits per heavy atom. The molecule has 0 aliphatic heterocycles. The van der Waals surface area contributed by atoms with E-state index in [0.29, 0.717) is 78.8 Å². The highest BCUT2D eigenvalue weighted by Crippen LogP contribution is 2.42. The maximum Gasteiger partial charge on any atom is 0.437 e. The predicted molar refractivity (Wildman–Crippen MR) is 274 cm³/mol. The van der Waals surface area contributed by atoms with Crippen LogP contribution in [0.5, 0.6) is 23.0 Å². The number of isocyanates is 1. The van der Waals surface area contributed by atoms with Gasteiger partial charge in [-0.25, -0.2) is 0 Å². The predicted octanol–water partition coefficient (Wildman–Crippen LogP) is 13.2. The number of hydrogen-bond acceptors (Lipinski definition) is 18. The van der Waals surface area contributed by atoms with Crippen LogP contribution in [-0.4, -0.2) is 63.7 Å². The van der Waals surface area contributed by atoms with Gasteiger partial charge in [-0.1, -0.05) is 16.7 Å². The molecule has 0 bridgehead atoms. The second-order valence-corrected chi connectivity index (χ2v) is 19.2. The Morgan fingerprint density at radius 1 is 0.575 bits per heavy atom. The van der Waals surface area contributed by atoms with Crippen LogP contribution in [0.1, 0.15) is 29.5 Å². The first-order valence-corrected chi connectivity index (χ1v) is 25.0. The Morgan fingerprint density at radius 3 is 1.74 bits per heavy atom. The van der Waals surface area contributed by atoms with E-state index in [1.165, 1.54) is 43.1 Å². The van der Waals surface area contributed by atoms with E-state index in [1.807, 2.05) is 13.0 Å². The number of ether oxygens (including phenoxy) is 3. The first-order chi connectivity index (χ1) is 34.8. The van der Waals surface area contributed by atoms with Crippen LogP contribution in [0.25, 0.3) is 10.8 Å². The Hall–Kier alpha value is -8.60. The second-order valence-electron chi connectivity index (χ2n) is 16.2. The summed E-state index contributed by atoms with van der Waals surface area (Å²) in [4.78, 5) is 11.5. The van der Waals surface area contributed by atoms with Crippen molar-refractivity contribution in [3.8, 4) is 23.0 Å². The summed E-state index contributed by atoms with van der Waals surface area (Å²) in [6.07, 6.45) is 2.31. The van der Waals surface area contributed by atoms with E-state index < -0.39 is 30.9 Å². The molecule has 0 spiro atoms. The smallest absolute Gasteiger partial charge is 0.437 e. The van der Waals surface area contributed by atoms with Gasteiger partial charge in [0.1, 0.15) is 50.6 Å². The van der Waals surface area contributed by atoms with Gasteiger partial charge in [0, 0.05) is 53.5 Å². The molecule has 73 heavy (non-hydrogen) atoms. The SMILES string of the molecule is COc1cc(N=Nc2ccc(N=Nc3ccc(C)cc3S(=O)(=O)O)cc2OCCCCS(=O)(=O)O)c(C)cc1N=Nc1cc(OC)c(N=Nc2ccc3cc([N+](=C=O)c4ccc(N)cc4)ccc3c2O)cc1C. The number of phenolic OH excluding ortho intramolecular Hbond substituents is 1. The van der Waals surface area contributed by atoms with Crippen LogP contribution in [0.15, 0.2) is 161 Å². The third-order valence-electron chi connectivity index (χ3n) is 10.9. The molecular weight excluding hydrogens is 981 g/mol. The summed E-state index contributed by atoms with van der Waals surface area (Å²) in [5.74, 6) is 0.263. The van der Waals surface area contributed by atoms with Crippen LogP contribution >= 0.6 is 0 Å². The van der Waals surface area contributed by atoms with Gasteiger partial charge >= 0.3 is 6.08 Å². The van der Waals surface area contributed by atoms with Crippen LogP contribution in [0.3, 0.4) is 0 Å². The molecule has 0 aromatic heterocycles. The minimum Gasteiger partial charge on any atom is -0.505 e. The van der Waals surface area contributed by atoms with E-state index in [1.54, 1.807) is 105 Å². The number of unbranched alkanes of at least 4 members (excludes halogenated alkanes) is 1. The van der Waals surface area contributed by atoms with Crippen LogP contribution < -0.4 is 24.5 Å². The van der Waals surface area contributed by atoms with Gasteiger partial charge in [0.2, 0.25) is 11.4 Å². The van der Waals surface area contributed by atoms with Gasteiger partial charge in [-0.15, -0.1) is 25.6 Å². The molecule has 0 amide bonds. The molecule has 0 radical (unpaired) electrons. The number of nitrogens with two attached hydrogens (primary N) is 1. The first kappa shape index (κ1) is 52.2. The maximum absolute atomic E-state index is 12.0. The molecule has 374 valence electrons. The molecule has 0 aliphatic carbocycles. The Balaban J connectivity index is 1.10. The van der Waals surface area contributed by atoms with E-state index in [2.05, 4.69) is 40.9 Å². The lowest BCUT2D eigenvalue weighted by Crippen LogP contribution is -2.06. The number of aromatic hydroxyl groups is 1. The number of hydrogen-bond donors (Lipinski definition) is 4. The average molecular weight is 1030 g/mol. The molecule has 21 nitrogen and oxygen atoms in total. The van der Waals surface area contributed by atoms with Gasteiger partial charge in [0.15, 0.2) is 5.75 Å². The van der Waals surface area contributed by atoms with Crippen molar-refractivity contribution in [2.24, 2.45) is 40.9 Å². The van der Waals surface area contributed by atoms with Crippen molar-refractivity contribution in [1.29, 1.82) is 0 Å². The molecule has 0 unspecified atom stereocenters. The lowest BCUT2D eigenvalue weighted by atomic mass is 10.1. The second kappa shape index (κ2) is 22.6. The van der Waals surface area contributed by atoms with E-state index in [4.69, 9.17) is 24.5 Å². The molecule has 0 atom stereocenters. The van der Waals surface area contributed by atoms with Gasteiger partial charge in [0.25, 0.3) is 20.2 Å². The standard InChI is InChI=1S/C50H46N10O11S2/c1-30-8-17-40(49(22-30)73(66,67)68)54-52-35-12-19-39(48(26-35)71-20-6-7-21-72(63,64)65)53-56-42-27-47(70-5)45(24-31(42)2)59-57-43-28-46(69-4)44(23-32(43)3)58-55-41-18-9-33-25-37(15-16-38(33)50(41)62)60(29-61)36-13-10-34(51)11-14-36/h8-19,22-28H,6-7,20-21,51H2,1-5H3,(H2-,53,54,58,59,62,63,64,65,66,67,68)/p+1. The van der Waals surface area contributed by atoms with Gasteiger partial charge < -0.3 is 25.1 Å². The average Bonchev–Trinajstić information content (AvgIpc) is 3.35. The number of phenols is 1. The quantitative estimate of drug-likeness (QED) is 0.0112. The zero-order valence-electron chi connectivity index (χ0n) is 39.8. The van der Waals surface area contributed by atoms with Crippen molar-refractivity contribution in [2.45, 2.75) is 38.5 Å². The van der Waals surface area contributed by atoms with Crippen molar-refractivity contribution in [2.75, 3.05) is 32.3 Å². The first-order valence-electron chi connectivity index (χ1n) is 22.0. The lowest BCUT2D eigenvalue weighted by molar-refractivity contribution is 0.310. The molecule has 0 saturated carbocycles. The Labute approximate surface area is 419 Å². The summed E-state index contributed by atoms with van der Waals surface area (Å²) in [5, 5.41) is 47.1. The number of nitrogens with zero attached hydrogens (tertiary/aromatic N) is 9. The van der Waals surface area contributed by atoms with Crippen LogP contribution in [-0.2, 0) is 25.0 Å². The van der Waals surface area contributed by atoms with Gasteiger partial charge in [-0.3, -0.25) is 9.11 Å². The van der Waals surface area contributed by atoms with E-state index in [-0.39, 0.29) is 53.7 Å². The number of benzene rings is 7. The van der Waals surface area contributed by atoms with Crippen molar-refractivity contribution in [3.63, 3.8) is 0 Å². The molecule has 5 N–H and O–H groups in total. The van der Waals surface area contributed by atoms with Crippen LogP contribution in [0.4, 0.5) is 62.6 Å². The van der Waals surface area contributed by atoms with Crippen molar-refractivity contribution >= 4 is 99.6 Å². The van der Waals surface area contributed by atoms with Gasteiger partial charge in [-0.2, -0.15) is 37.0 Å². The molecule has 7 rings (SSSR count). The highest BCUT2D eigenvalue weighted by atomic mass is 32.2. The molecule has 7 aromatic carbocycles. The number of carbonyl (C=O) groups excluding carboxylic acids is 1. The summed E-state index contributed by atoms with van der Waals surface area (Å²) in [7, 11) is -5.84.